The van der Waals surface area contributed by atoms with E-state index in [1.807, 2.05) is 19.9 Å². The Morgan fingerprint density at radius 3 is 2.59 bits per heavy atom. The van der Waals surface area contributed by atoms with E-state index in [0.717, 1.165) is 35.9 Å². The topological polar surface area (TPSA) is 69.6 Å². The van der Waals surface area contributed by atoms with Gasteiger partial charge in [-0.3, -0.25) is 0 Å². The number of rotatable bonds is 3. The van der Waals surface area contributed by atoms with E-state index in [2.05, 4.69) is 22.0 Å². The van der Waals surface area contributed by atoms with E-state index in [1.165, 1.54) is 0 Å². The summed E-state index contributed by atoms with van der Waals surface area (Å²) < 4.78 is 1.80. The third-order valence-corrected chi connectivity index (χ3v) is 2.48. The Hall–Kier alpha value is -1.91. The van der Waals surface area contributed by atoms with Gasteiger partial charge >= 0.3 is 0 Å². The first kappa shape index (κ1) is 11.6. The molecule has 5 nitrogen and oxygen atoms in total. The zero-order valence-electron chi connectivity index (χ0n) is 10.4. The van der Waals surface area contributed by atoms with Crippen LogP contribution in [0.4, 0.5) is 5.82 Å². The summed E-state index contributed by atoms with van der Waals surface area (Å²) in [5.74, 6) is 2.01. The molecule has 0 saturated heterocycles. The number of aromatic nitrogens is 4. The Labute approximate surface area is 101 Å². The van der Waals surface area contributed by atoms with E-state index in [9.17, 15) is 0 Å². The minimum atomic E-state index is 0.492. The fourth-order valence-corrected chi connectivity index (χ4v) is 1.81. The molecule has 0 spiro atoms. The number of nitrogens with zero attached hydrogens (tertiary/aromatic N) is 4. The number of anilines is 1. The van der Waals surface area contributed by atoms with Gasteiger partial charge in [-0.25, -0.2) is 14.6 Å². The van der Waals surface area contributed by atoms with Gasteiger partial charge < -0.3 is 5.73 Å². The van der Waals surface area contributed by atoms with Crippen LogP contribution in [0.1, 0.15) is 30.6 Å². The largest absolute Gasteiger partial charge is 0.384 e. The van der Waals surface area contributed by atoms with Crippen LogP contribution in [0.15, 0.2) is 12.1 Å². The Morgan fingerprint density at radius 1 is 1.24 bits per heavy atom. The molecule has 0 bridgehead atoms. The summed E-state index contributed by atoms with van der Waals surface area (Å²) in [6.45, 7) is 6.05. The monoisotopic (exact) mass is 231 g/mol. The van der Waals surface area contributed by atoms with E-state index < -0.39 is 0 Å². The quantitative estimate of drug-likeness (QED) is 0.874. The zero-order chi connectivity index (χ0) is 12.4. The molecule has 0 amide bonds. The highest BCUT2D eigenvalue weighted by molar-refractivity contribution is 5.38. The molecule has 0 atom stereocenters. The summed E-state index contributed by atoms with van der Waals surface area (Å²) >= 11 is 0. The molecule has 2 aromatic rings. The molecule has 0 fully saturated rings. The van der Waals surface area contributed by atoms with Gasteiger partial charge in [0.05, 0.1) is 5.69 Å². The normalized spacial score (nSPS) is 10.8. The lowest BCUT2D eigenvalue weighted by Crippen LogP contribution is -2.08. The van der Waals surface area contributed by atoms with Crippen molar-refractivity contribution in [3.05, 3.63) is 29.3 Å². The number of aryl methyl sites for hydroxylation is 3. The molecule has 2 N–H and O–H groups in total. The van der Waals surface area contributed by atoms with Crippen molar-refractivity contribution in [1.82, 2.24) is 19.7 Å². The third kappa shape index (κ3) is 2.43. The maximum atomic E-state index is 5.79. The van der Waals surface area contributed by atoms with Crippen molar-refractivity contribution in [2.75, 3.05) is 5.73 Å². The first-order valence-corrected chi connectivity index (χ1v) is 5.77. The first-order chi connectivity index (χ1) is 8.10. The fourth-order valence-electron chi connectivity index (χ4n) is 1.81. The van der Waals surface area contributed by atoms with E-state index in [4.69, 9.17) is 5.73 Å². The SMILES string of the molecule is CCCc1nc(N)cc(-n2nc(C)cc2C)n1. The molecule has 0 aliphatic rings. The summed E-state index contributed by atoms with van der Waals surface area (Å²) in [5, 5.41) is 4.39. The maximum absolute atomic E-state index is 5.79. The standard InChI is InChI=1S/C12H17N5/c1-4-5-11-14-10(13)7-12(15-11)17-9(3)6-8(2)16-17/h6-7H,4-5H2,1-3H3,(H2,13,14,15). The molecule has 90 valence electrons. The second-order valence-corrected chi connectivity index (χ2v) is 4.16. The van der Waals surface area contributed by atoms with Crippen LogP contribution < -0.4 is 5.73 Å². The number of hydrogen-bond acceptors (Lipinski definition) is 4. The Balaban J connectivity index is 2.48. The molecule has 2 rings (SSSR count). The van der Waals surface area contributed by atoms with Crippen molar-refractivity contribution in [3.63, 3.8) is 0 Å². The van der Waals surface area contributed by atoms with Crippen molar-refractivity contribution in [2.45, 2.75) is 33.6 Å². The van der Waals surface area contributed by atoms with Crippen molar-refractivity contribution >= 4 is 5.82 Å². The van der Waals surface area contributed by atoms with E-state index >= 15 is 0 Å². The van der Waals surface area contributed by atoms with Crippen LogP contribution in [-0.4, -0.2) is 19.7 Å². The fraction of sp³-hybridized carbons (Fsp3) is 0.417. The van der Waals surface area contributed by atoms with Crippen LogP contribution in [-0.2, 0) is 6.42 Å². The average Bonchev–Trinajstić information content (AvgIpc) is 2.57. The van der Waals surface area contributed by atoms with Crippen LogP contribution in [0.25, 0.3) is 5.82 Å². The van der Waals surface area contributed by atoms with Crippen LogP contribution >= 0.6 is 0 Å². The molecule has 0 radical (unpaired) electrons. The minimum absolute atomic E-state index is 0.492. The third-order valence-electron chi connectivity index (χ3n) is 2.48. The Bertz CT molecular complexity index is 530. The lowest BCUT2D eigenvalue weighted by atomic mass is 10.3. The maximum Gasteiger partial charge on any atom is 0.159 e. The summed E-state index contributed by atoms with van der Waals surface area (Å²) in [5.41, 5.74) is 7.81. The van der Waals surface area contributed by atoms with Gasteiger partial charge in [0.25, 0.3) is 0 Å². The van der Waals surface area contributed by atoms with Gasteiger partial charge in [-0.15, -0.1) is 0 Å². The molecule has 0 unspecified atom stereocenters. The highest BCUT2D eigenvalue weighted by Gasteiger charge is 2.08. The van der Waals surface area contributed by atoms with Gasteiger partial charge in [0.2, 0.25) is 0 Å². The van der Waals surface area contributed by atoms with Crippen molar-refractivity contribution < 1.29 is 0 Å². The molecule has 0 aliphatic carbocycles. The van der Waals surface area contributed by atoms with Gasteiger partial charge in [-0.1, -0.05) is 6.92 Å². The van der Waals surface area contributed by atoms with Crippen LogP contribution in [0.5, 0.6) is 0 Å². The molecule has 17 heavy (non-hydrogen) atoms. The number of hydrogen-bond donors (Lipinski definition) is 1. The highest BCUT2D eigenvalue weighted by Crippen LogP contribution is 2.12. The molecule has 2 heterocycles. The molecular formula is C12H17N5. The summed E-state index contributed by atoms with van der Waals surface area (Å²) in [4.78, 5) is 8.69. The van der Waals surface area contributed by atoms with Crippen LogP contribution in [0.3, 0.4) is 0 Å². The van der Waals surface area contributed by atoms with Crippen LogP contribution in [0.2, 0.25) is 0 Å². The van der Waals surface area contributed by atoms with E-state index in [1.54, 1.807) is 10.7 Å². The van der Waals surface area contributed by atoms with Gasteiger partial charge in [-0.2, -0.15) is 5.10 Å². The molecule has 0 aromatic carbocycles. The Morgan fingerprint density at radius 2 is 2.00 bits per heavy atom. The van der Waals surface area contributed by atoms with Gasteiger partial charge in [-0.05, 0) is 26.3 Å². The molecule has 0 aliphatic heterocycles. The van der Waals surface area contributed by atoms with Crippen LogP contribution in [0, 0.1) is 13.8 Å². The lowest BCUT2D eigenvalue weighted by molar-refractivity contribution is 0.768. The molecule has 0 saturated carbocycles. The van der Waals surface area contributed by atoms with E-state index in [-0.39, 0.29) is 0 Å². The first-order valence-electron chi connectivity index (χ1n) is 5.77. The van der Waals surface area contributed by atoms with Gasteiger partial charge in [0.1, 0.15) is 11.6 Å². The van der Waals surface area contributed by atoms with Crippen molar-refractivity contribution in [1.29, 1.82) is 0 Å². The lowest BCUT2D eigenvalue weighted by Gasteiger charge is -2.06. The average molecular weight is 231 g/mol. The number of nitrogens with two attached hydrogens (primary N) is 1. The smallest absolute Gasteiger partial charge is 0.159 e. The summed E-state index contributed by atoms with van der Waals surface area (Å²) in [7, 11) is 0. The van der Waals surface area contributed by atoms with Crippen molar-refractivity contribution in [2.24, 2.45) is 0 Å². The van der Waals surface area contributed by atoms with Crippen molar-refractivity contribution in [3.8, 4) is 5.82 Å². The predicted molar refractivity (Wildman–Crippen MR) is 67.0 cm³/mol. The Kier molecular flexibility index (Phi) is 3.08. The predicted octanol–water partition coefficient (Wildman–Crippen LogP) is 1.81. The molecule has 2 aromatic heterocycles. The number of nitrogen functional groups attached to an aromatic ring is 1. The molecular weight excluding hydrogens is 214 g/mol. The second-order valence-electron chi connectivity index (χ2n) is 4.16. The zero-order valence-corrected chi connectivity index (χ0v) is 10.4. The summed E-state index contributed by atoms with van der Waals surface area (Å²) in [6, 6.07) is 3.76. The highest BCUT2D eigenvalue weighted by atomic mass is 15.3. The summed E-state index contributed by atoms with van der Waals surface area (Å²) in [6.07, 6.45) is 1.83. The van der Waals surface area contributed by atoms with E-state index in [0.29, 0.717) is 5.82 Å². The van der Waals surface area contributed by atoms with Gasteiger partial charge in [0.15, 0.2) is 5.82 Å². The second kappa shape index (κ2) is 4.53. The minimum Gasteiger partial charge on any atom is -0.384 e. The van der Waals surface area contributed by atoms with Gasteiger partial charge in [0, 0.05) is 18.2 Å². The molecule has 5 heteroatoms.